The zero-order valence-corrected chi connectivity index (χ0v) is 10.6. The number of nitrogens with zero attached hydrogens (tertiary/aromatic N) is 2. The third kappa shape index (κ3) is 4.34. The zero-order chi connectivity index (χ0) is 11.5. The third-order valence-electron chi connectivity index (χ3n) is 2.55. The molecule has 0 saturated heterocycles. The number of aryl methyl sites for hydroxylation is 1. The van der Waals surface area contributed by atoms with Crippen molar-refractivity contribution in [1.29, 1.82) is 0 Å². The summed E-state index contributed by atoms with van der Waals surface area (Å²) in [6.07, 6.45) is 0. The SMILES string of the molecule is Cc1cccc(N(C)CC[N+](C)(C)C)c1. The molecule has 2 nitrogen and oxygen atoms in total. The summed E-state index contributed by atoms with van der Waals surface area (Å²) >= 11 is 0. The number of likely N-dealkylation sites (N-methyl/N-ethyl adjacent to an activating group) is 2. The van der Waals surface area contributed by atoms with Crippen molar-refractivity contribution in [2.24, 2.45) is 0 Å². The Bertz CT molecular complexity index is 313. The van der Waals surface area contributed by atoms with Crippen molar-refractivity contribution in [3.05, 3.63) is 29.8 Å². The molecule has 0 atom stereocenters. The Morgan fingerprint density at radius 2 is 1.87 bits per heavy atom. The molecule has 15 heavy (non-hydrogen) atoms. The van der Waals surface area contributed by atoms with E-state index in [0.717, 1.165) is 17.6 Å². The maximum Gasteiger partial charge on any atom is 0.0958 e. The van der Waals surface area contributed by atoms with Gasteiger partial charge in [0.25, 0.3) is 0 Å². The van der Waals surface area contributed by atoms with Crippen LogP contribution in [0.2, 0.25) is 0 Å². The van der Waals surface area contributed by atoms with E-state index in [1.807, 2.05) is 0 Å². The minimum absolute atomic E-state index is 1.01. The summed E-state index contributed by atoms with van der Waals surface area (Å²) in [6.45, 7) is 4.38. The van der Waals surface area contributed by atoms with Crippen LogP contribution in [0.25, 0.3) is 0 Å². The Kier molecular flexibility index (Phi) is 3.75. The number of rotatable bonds is 4. The lowest BCUT2D eigenvalue weighted by atomic mass is 10.2. The largest absolute Gasteiger partial charge is 0.369 e. The fraction of sp³-hybridized carbons (Fsp3) is 0.538. The predicted octanol–water partition coefficient (Wildman–Crippen LogP) is 2.14. The summed E-state index contributed by atoms with van der Waals surface area (Å²) in [5.41, 5.74) is 2.63. The van der Waals surface area contributed by atoms with Crippen LogP contribution in [0.4, 0.5) is 5.69 Å². The second kappa shape index (κ2) is 4.67. The average Bonchev–Trinajstić information content (AvgIpc) is 2.13. The second-order valence-electron chi connectivity index (χ2n) is 5.27. The first kappa shape index (κ1) is 12.1. The highest BCUT2D eigenvalue weighted by Crippen LogP contribution is 2.13. The van der Waals surface area contributed by atoms with Gasteiger partial charge in [-0.1, -0.05) is 12.1 Å². The van der Waals surface area contributed by atoms with Gasteiger partial charge in [0.2, 0.25) is 0 Å². The fourth-order valence-corrected chi connectivity index (χ4v) is 1.44. The number of benzene rings is 1. The van der Waals surface area contributed by atoms with E-state index in [1.54, 1.807) is 0 Å². The first-order chi connectivity index (χ1) is 6.88. The second-order valence-corrected chi connectivity index (χ2v) is 5.27. The molecule has 0 aromatic heterocycles. The van der Waals surface area contributed by atoms with Crippen molar-refractivity contribution in [3.8, 4) is 0 Å². The van der Waals surface area contributed by atoms with Crippen LogP contribution in [0, 0.1) is 6.92 Å². The van der Waals surface area contributed by atoms with Crippen molar-refractivity contribution in [2.45, 2.75) is 6.92 Å². The maximum absolute atomic E-state index is 2.32. The van der Waals surface area contributed by atoms with Gasteiger partial charge in [-0.3, -0.25) is 0 Å². The van der Waals surface area contributed by atoms with Crippen LogP contribution in [0.15, 0.2) is 24.3 Å². The molecule has 0 amide bonds. The fourth-order valence-electron chi connectivity index (χ4n) is 1.44. The van der Waals surface area contributed by atoms with Gasteiger partial charge in [-0.05, 0) is 24.6 Å². The normalized spacial score (nSPS) is 11.5. The molecular weight excluding hydrogens is 184 g/mol. The van der Waals surface area contributed by atoms with E-state index in [1.165, 1.54) is 11.3 Å². The average molecular weight is 207 g/mol. The quantitative estimate of drug-likeness (QED) is 0.684. The van der Waals surface area contributed by atoms with E-state index < -0.39 is 0 Å². The smallest absolute Gasteiger partial charge is 0.0958 e. The van der Waals surface area contributed by atoms with E-state index in [0.29, 0.717) is 0 Å². The number of quaternary nitrogens is 1. The highest BCUT2D eigenvalue weighted by Gasteiger charge is 2.09. The van der Waals surface area contributed by atoms with E-state index >= 15 is 0 Å². The van der Waals surface area contributed by atoms with Gasteiger partial charge in [0.15, 0.2) is 0 Å². The molecule has 0 bridgehead atoms. The molecule has 0 radical (unpaired) electrons. The van der Waals surface area contributed by atoms with Crippen molar-refractivity contribution in [1.82, 2.24) is 0 Å². The summed E-state index contributed by atoms with van der Waals surface area (Å²) < 4.78 is 1.01. The standard InChI is InChI=1S/C13H23N2/c1-12-7-6-8-13(11-12)14(2)9-10-15(3,4)5/h6-8,11H,9-10H2,1-5H3/q+1. The summed E-state index contributed by atoms with van der Waals surface area (Å²) in [4.78, 5) is 2.32. The maximum atomic E-state index is 2.32. The predicted molar refractivity (Wildman–Crippen MR) is 67.3 cm³/mol. The molecule has 0 N–H and O–H groups in total. The highest BCUT2D eigenvalue weighted by molar-refractivity contribution is 5.47. The van der Waals surface area contributed by atoms with Crippen molar-refractivity contribution in [2.75, 3.05) is 46.2 Å². The molecule has 0 aliphatic heterocycles. The molecule has 0 unspecified atom stereocenters. The van der Waals surface area contributed by atoms with Gasteiger partial charge in [-0.25, -0.2) is 0 Å². The van der Waals surface area contributed by atoms with Gasteiger partial charge in [-0.15, -0.1) is 0 Å². The zero-order valence-electron chi connectivity index (χ0n) is 10.6. The van der Waals surface area contributed by atoms with Gasteiger partial charge in [0.1, 0.15) is 0 Å². The van der Waals surface area contributed by atoms with Gasteiger partial charge >= 0.3 is 0 Å². The molecule has 0 fully saturated rings. The summed E-state index contributed by atoms with van der Waals surface area (Å²) in [7, 11) is 8.84. The van der Waals surface area contributed by atoms with Crippen LogP contribution in [-0.2, 0) is 0 Å². The lowest BCUT2D eigenvalue weighted by molar-refractivity contribution is -0.868. The Hall–Kier alpha value is -1.02. The number of hydrogen-bond acceptors (Lipinski definition) is 1. The lowest BCUT2D eigenvalue weighted by Crippen LogP contribution is -2.41. The minimum Gasteiger partial charge on any atom is -0.369 e. The van der Waals surface area contributed by atoms with Crippen LogP contribution in [0.1, 0.15) is 5.56 Å². The van der Waals surface area contributed by atoms with Crippen molar-refractivity contribution < 1.29 is 4.48 Å². The molecule has 0 aliphatic carbocycles. The molecule has 0 spiro atoms. The Morgan fingerprint density at radius 1 is 1.20 bits per heavy atom. The van der Waals surface area contributed by atoms with Gasteiger partial charge in [0.05, 0.1) is 34.2 Å². The van der Waals surface area contributed by atoms with Crippen LogP contribution in [0.3, 0.4) is 0 Å². The molecule has 0 saturated carbocycles. The van der Waals surface area contributed by atoms with Gasteiger partial charge in [0, 0.05) is 12.7 Å². The number of anilines is 1. The highest BCUT2D eigenvalue weighted by atomic mass is 15.3. The van der Waals surface area contributed by atoms with E-state index in [2.05, 4.69) is 64.3 Å². The van der Waals surface area contributed by atoms with Crippen molar-refractivity contribution in [3.63, 3.8) is 0 Å². The molecule has 2 heteroatoms. The topological polar surface area (TPSA) is 3.24 Å². The van der Waals surface area contributed by atoms with Gasteiger partial charge < -0.3 is 9.38 Å². The number of hydrogen-bond donors (Lipinski definition) is 0. The van der Waals surface area contributed by atoms with Gasteiger partial charge in [-0.2, -0.15) is 0 Å². The molecule has 1 aromatic carbocycles. The van der Waals surface area contributed by atoms with E-state index in [4.69, 9.17) is 0 Å². The third-order valence-corrected chi connectivity index (χ3v) is 2.55. The summed E-state index contributed by atoms with van der Waals surface area (Å²) in [5.74, 6) is 0. The monoisotopic (exact) mass is 207 g/mol. The first-order valence-electron chi connectivity index (χ1n) is 5.47. The molecule has 0 aliphatic rings. The van der Waals surface area contributed by atoms with Crippen LogP contribution in [-0.4, -0.2) is 45.8 Å². The van der Waals surface area contributed by atoms with Crippen LogP contribution in [0.5, 0.6) is 0 Å². The lowest BCUT2D eigenvalue weighted by Gasteiger charge is -2.28. The molecule has 84 valence electrons. The first-order valence-corrected chi connectivity index (χ1v) is 5.47. The summed E-state index contributed by atoms with van der Waals surface area (Å²) in [6, 6.07) is 8.66. The van der Waals surface area contributed by atoms with E-state index in [-0.39, 0.29) is 0 Å². The molecule has 1 rings (SSSR count). The Morgan fingerprint density at radius 3 is 2.40 bits per heavy atom. The van der Waals surface area contributed by atoms with Crippen molar-refractivity contribution >= 4 is 5.69 Å². The van der Waals surface area contributed by atoms with Crippen LogP contribution >= 0.6 is 0 Å². The van der Waals surface area contributed by atoms with E-state index in [9.17, 15) is 0 Å². The summed E-state index contributed by atoms with van der Waals surface area (Å²) in [5, 5.41) is 0. The molecule has 1 aromatic rings. The Labute approximate surface area is 93.7 Å². The molecule has 0 heterocycles. The Balaban J connectivity index is 2.58. The minimum atomic E-state index is 1.01. The molecular formula is C13H23N2+. The van der Waals surface area contributed by atoms with Crippen LogP contribution < -0.4 is 4.90 Å².